The summed E-state index contributed by atoms with van der Waals surface area (Å²) in [6.45, 7) is 5.02. The predicted octanol–water partition coefficient (Wildman–Crippen LogP) is 2.84. The lowest BCUT2D eigenvalue weighted by Crippen LogP contribution is -2.35. The van der Waals surface area contributed by atoms with Crippen molar-refractivity contribution in [3.05, 3.63) is 42.5 Å². The monoisotopic (exact) mass is 187 g/mol. The van der Waals surface area contributed by atoms with Crippen LogP contribution in [-0.4, -0.2) is 12.6 Å². The van der Waals surface area contributed by atoms with Gasteiger partial charge in [0, 0.05) is 12.6 Å². The second kappa shape index (κ2) is 4.43. The van der Waals surface area contributed by atoms with Gasteiger partial charge >= 0.3 is 0 Å². The van der Waals surface area contributed by atoms with Gasteiger partial charge < -0.3 is 5.32 Å². The highest BCUT2D eigenvalue weighted by Gasteiger charge is 2.16. The molecule has 0 aliphatic heterocycles. The molecule has 0 saturated heterocycles. The van der Waals surface area contributed by atoms with Crippen molar-refractivity contribution >= 4 is 5.57 Å². The van der Waals surface area contributed by atoms with Crippen LogP contribution in [0.5, 0.6) is 0 Å². The van der Waals surface area contributed by atoms with E-state index < -0.39 is 0 Å². The fraction of sp³-hybridized carbons (Fsp3) is 0.385. The van der Waals surface area contributed by atoms with Crippen molar-refractivity contribution in [2.75, 3.05) is 6.54 Å². The number of nitrogens with one attached hydrogen (secondary N) is 1. The van der Waals surface area contributed by atoms with Crippen molar-refractivity contribution in [2.24, 2.45) is 0 Å². The van der Waals surface area contributed by atoms with E-state index in [-0.39, 0.29) is 0 Å². The summed E-state index contributed by atoms with van der Waals surface area (Å²) in [5.41, 5.74) is 2.44. The zero-order valence-electron chi connectivity index (χ0n) is 8.50. The molecule has 0 atom stereocenters. The first-order chi connectivity index (χ1) is 6.86. The van der Waals surface area contributed by atoms with Gasteiger partial charge in [0.05, 0.1) is 0 Å². The van der Waals surface area contributed by atoms with Gasteiger partial charge in [-0.05, 0) is 24.0 Å². The second-order valence-corrected chi connectivity index (χ2v) is 3.98. The Hall–Kier alpha value is -1.08. The Bertz CT molecular complexity index is 298. The lowest BCUT2D eigenvalue weighted by molar-refractivity contribution is 0.353. The van der Waals surface area contributed by atoms with E-state index in [1.165, 1.54) is 30.4 Å². The minimum absolute atomic E-state index is 0.746. The molecule has 0 heterocycles. The molecule has 1 saturated carbocycles. The van der Waals surface area contributed by atoms with Gasteiger partial charge in [-0.25, -0.2) is 0 Å². The van der Waals surface area contributed by atoms with E-state index in [0.717, 1.165) is 12.6 Å². The van der Waals surface area contributed by atoms with Gasteiger partial charge in [0.1, 0.15) is 0 Å². The average Bonchev–Trinajstić information content (AvgIpc) is 2.16. The van der Waals surface area contributed by atoms with Crippen LogP contribution < -0.4 is 5.32 Å². The molecule has 0 radical (unpaired) electrons. The fourth-order valence-electron chi connectivity index (χ4n) is 1.66. The van der Waals surface area contributed by atoms with E-state index in [1.54, 1.807) is 0 Å². The Kier molecular flexibility index (Phi) is 3.00. The normalized spacial score (nSPS) is 16.3. The van der Waals surface area contributed by atoms with E-state index in [1.807, 2.05) is 6.07 Å². The van der Waals surface area contributed by atoms with E-state index in [0.29, 0.717) is 0 Å². The molecule has 0 amide bonds. The van der Waals surface area contributed by atoms with Crippen molar-refractivity contribution in [1.82, 2.24) is 5.32 Å². The van der Waals surface area contributed by atoms with Gasteiger partial charge in [0.2, 0.25) is 0 Å². The Labute approximate surface area is 85.8 Å². The molecule has 14 heavy (non-hydrogen) atoms. The highest BCUT2D eigenvalue weighted by molar-refractivity contribution is 5.64. The van der Waals surface area contributed by atoms with Gasteiger partial charge in [-0.1, -0.05) is 43.3 Å². The maximum absolute atomic E-state index is 4.09. The van der Waals surface area contributed by atoms with Crippen LogP contribution in [0, 0.1) is 0 Å². The third kappa shape index (κ3) is 2.24. The first-order valence-electron chi connectivity index (χ1n) is 5.33. The van der Waals surface area contributed by atoms with Crippen molar-refractivity contribution in [1.29, 1.82) is 0 Å². The molecule has 1 aliphatic rings. The smallest absolute Gasteiger partial charge is 0.0208 e. The number of rotatable bonds is 4. The molecule has 2 rings (SSSR count). The van der Waals surface area contributed by atoms with Crippen LogP contribution in [0.4, 0.5) is 0 Å². The van der Waals surface area contributed by atoms with Crippen molar-refractivity contribution < 1.29 is 0 Å². The lowest BCUT2D eigenvalue weighted by Gasteiger charge is -2.27. The molecule has 0 spiro atoms. The van der Waals surface area contributed by atoms with Crippen LogP contribution in [0.1, 0.15) is 24.8 Å². The van der Waals surface area contributed by atoms with Gasteiger partial charge in [-0.3, -0.25) is 0 Å². The molecule has 74 valence electrons. The third-order valence-corrected chi connectivity index (χ3v) is 2.89. The van der Waals surface area contributed by atoms with Crippen molar-refractivity contribution in [3.63, 3.8) is 0 Å². The summed E-state index contributed by atoms with van der Waals surface area (Å²) >= 11 is 0. The van der Waals surface area contributed by atoms with Crippen molar-refractivity contribution in [2.45, 2.75) is 25.3 Å². The number of hydrogen-bond acceptors (Lipinski definition) is 1. The van der Waals surface area contributed by atoms with Crippen LogP contribution in [0.15, 0.2) is 36.9 Å². The Morgan fingerprint density at radius 1 is 1.29 bits per heavy atom. The van der Waals surface area contributed by atoms with Gasteiger partial charge in [-0.15, -0.1) is 0 Å². The van der Waals surface area contributed by atoms with E-state index in [4.69, 9.17) is 0 Å². The van der Waals surface area contributed by atoms with Crippen LogP contribution in [-0.2, 0) is 0 Å². The number of hydrogen-bond donors (Lipinski definition) is 1. The zero-order chi connectivity index (χ0) is 9.80. The van der Waals surface area contributed by atoms with Crippen molar-refractivity contribution in [3.8, 4) is 0 Å². The largest absolute Gasteiger partial charge is 0.310 e. The Morgan fingerprint density at radius 3 is 2.57 bits per heavy atom. The van der Waals surface area contributed by atoms with Gasteiger partial charge in [0.15, 0.2) is 0 Å². The molecule has 1 aromatic carbocycles. The van der Waals surface area contributed by atoms with Crippen LogP contribution in [0.3, 0.4) is 0 Å². The summed E-state index contributed by atoms with van der Waals surface area (Å²) in [5, 5.41) is 3.52. The summed E-state index contributed by atoms with van der Waals surface area (Å²) in [6, 6.07) is 11.1. The summed E-state index contributed by atoms with van der Waals surface area (Å²) in [7, 11) is 0. The second-order valence-electron chi connectivity index (χ2n) is 3.98. The Morgan fingerprint density at radius 2 is 2.00 bits per heavy atom. The quantitative estimate of drug-likeness (QED) is 0.764. The minimum atomic E-state index is 0.746. The first-order valence-corrected chi connectivity index (χ1v) is 5.33. The molecule has 1 aromatic rings. The lowest BCUT2D eigenvalue weighted by atomic mass is 9.93. The molecule has 1 heteroatoms. The van der Waals surface area contributed by atoms with Crippen LogP contribution in [0.2, 0.25) is 0 Å². The molecule has 0 unspecified atom stereocenters. The molecule has 1 N–H and O–H groups in total. The summed E-state index contributed by atoms with van der Waals surface area (Å²) in [5.74, 6) is 0. The summed E-state index contributed by atoms with van der Waals surface area (Å²) < 4.78 is 0. The summed E-state index contributed by atoms with van der Waals surface area (Å²) in [6.07, 6.45) is 4.06. The van der Waals surface area contributed by atoms with Gasteiger partial charge in [0.25, 0.3) is 0 Å². The zero-order valence-corrected chi connectivity index (χ0v) is 8.50. The first kappa shape index (κ1) is 9.47. The molecular formula is C13H17N. The molecule has 0 bridgehead atoms. The molecular weight excluding hydrogens is 170 g/mol. The molecule has 0 aromatic heterocycles. The summed E-state index contributed by atoms with van der Waals surface area (Å²) in [4.78, 5) is 0. The van der Waals surface area contributed by atoms with E-state index >= 15 is 0 Å². The van der Waals surface area contributed by atoms with Crippen LogP contribution in [0.25, 0.3) is 5.57 Å². The van der Waals surface area contributed by atoms with E-state index in [9.17, 15) is 0 Å². The van der Waals surface area contributed by atoms with Gasteiger partial charge in [-0.2, -0.15) is 0 Å². The highest BCUT2D eigenvalue weighted by Crippen LogP contribution is 2.19. The van der Waals surface area contributed by atoms with Crippen LogP contribution >= 0.6 is 0 Å². The maximum Gasteiger partial charge on any atom is 0.0208 e. The topological polar surface area (TPSA) is 12.0 Å². The Balaban J connectivity index is 1.83. The highest BCUT2D eigenvalue weighted by atomic mass is 14.9. The third-order valence-electron chi connectivity index (χ3n) is 2.89. The standard InChI is InChI=1S/C13H17N/c1-11(10-14-13-8-5-9-13)12-6-3-2-4-7-12/h2-4,6-7,13-14H,1,5,8-10H2. The minimum Gasteiger partial charge on any atom is -0.310 e. The predicted molar refractivity (Wildman–Crippen MR) is 61.1 cm³/mol. The average molecular weight is 187 g/mol. The van der Waals surface area contributed by atoms with E-state index in [2.05, 4.69) is 36.2 Å². The molecule has 1 nitrogen and oxygen atoms in total. The maximum atomic E-state index is 4.09. The molecule has 1 aliphatic carbocycles. The number of benzene rings is 1. The fourth-order valence-corrected chi connectivity index (χ4v) is 1.66. The SMILES string of the molecule is C=C(CNC1CCC1)c1ccccc1. The molecule has 1 fully saturated rings.